The summed E-state index contributed by atoms with van der Waals surface area (Å²) in [6.45, 7) is 4.13. The molecule has 0 spiro atoms. The molecule has 1 aliphatic heterocycles. The third kappa shape index (κ3) is 5.08. The lowest BCUT2D eigenvalue weighted by atomic mass is 10.3. The fourth-order valence-electron chi connectivity index (χ4n) is 1.49. The summed E-state index contributed by atoms with van der Waals surface area (Å²) in [4.78, 5) is 15.1. The number of nitrogens with two attached hydrogens (primary N) is 2. The predicted octanol–water partition coefficient (Wildman–Crippen LogP) is -2.34. The topological polar surface area (TPSA) is 95.8 Å². The van der Waals surface area contributed by atoms with Crippen LogP contribution in [0.15, 0.2) is 0 Å². The van der Waals surface area contributed by atoms with Gasteiger partial charge < -0.3 is 21.5 Å². The lowest BCUT2D eigenvalue weighted by Gasteiger charge is -2.34. The lowest BCUT2D eigenvalue weighted by molar-refractivity contribution is -0.131. The van der Waals surface area contributed by atoms with Crippen molar-refractivity contribution in [3.8, 4) is 0 Å². The van der Waals surface area contributed by atoms with Gasteiger partial charge in [0.05, 0.1) is 13.2 Å². The number of rotatable bonds is 3. The summed E-state index contributed by atoms with van der Waals surface area (Å²) in [5, 5.41) is 8.70. The van der Waals surface area contributed by atoms with Crippen LogP contribution < -0.4 is 11.5 Å². The summed E-state index contributed by atoms with van der Waals surface area (Å²) in [6.07, 6.45) is 0. The molecule has 5 N–H and O–H groups in total. The minimum atomic E-state index is 0.0173. The van der Waals surface area contributed by atoms with Crippen LogP contribution in [0, 0.1) is 0 Å². The molecular formula is C9H22N4O2. The number of β-amino-alcohol motifs (C(OH)–C–C–N with tert-alkyl or cyclic N) is 1. The summed E-state index contributed by atoms with van der Waals surface area (Å²) in [5.41, 5.74) is 9.75. The monoisotopic (exact) mass is 218 g/mol. The zero-order chi connectivity index (χ0) is 11.7. The molecule has 0 atom stereocenters. The van der Waals surface area contributed by atoms with Gasteiger partial charge in [-0.2, -0.15) is 0 Å². The predicted molar refractivity (Wildman–Crippen MR) is 59.3 cm³/mol. The summed E-state index contributed by atoms with van der Waals surface area (Å²) >= 11 is 0. The minimum absolute atomic E-state index is 0.0173. The number of piperazine rings is 1. The molecule has 1 rings (SSSR count). The Morgan fingerprint density at radius 1 is 1.27 bits per heavy atom. The van der Waals surface area contributed by atoms with Crippen LogP contribution in [-0.4, -0.2) is 73.7 Å². The van der Waals surface area contributed by atoms with E-state index in [9.17, 15) is 4.79 Å². The molecule has 1 heterocycles. The summed E-state index contributed by atoms with van der Waals surface area (Å²) < 4.78 is 0. The van der Waals surface area contributed by atoms with Gasteiger partial charge in [0.2, 0.25) is 5.91 Å². The zero-order valence-electron chi connectivity index (χ0n) is 9.35. The van der Waals surface area contributed by atoms with Crippen molar-refractivity contribution >= 4 is 5.91 Å². The molecule has 6 heteroatoms. The van der Waals surface area contributed by atoms with Gasteiger partial charge >= 0.3 is 0 Å². The van der Waals surface area contributed by atoms with Crippen LogP contribution in [-0.2, 0) is 4.79 Å². The SMILES string of the molecule is CN.NCC(=O)N1CCN(CCO)CC1. The number of carbonyl (C=O) groups is 1. The molecule has 1 amide bonds. The molecule has 0 aromatic carbocycles. The summed E-state index contributed by atoms with van der Waals surface area (Å²) in [7, 11) is 1.50. The highest BCUT2D eigenvalue weighted by Gasteiger charge is 2.18. The number of aliphatic hydroxyl groups excluding tert-OH is 1. The van der Waals surface area contributed by atoms with E-state index in [4.69, 9.17) is 10.8 Å². The summed E-state index contributed by atoms with van der Waals surface area (Å²) in [5.74, 6) is 0.0173. The fraction of sp³-hybridized carbons (Fsp3) is 0.889. The molecule has 0 radical (unpaired) electrons. The second kappa shape index (κ2) is 8.60. The Morgan fingerprint density at radius 3 is 2.20 bits per heavy atom. The molecule has 1 aliphatic rings. The minimum Gasteiger partial charge on any atom is -0.395 e. The highest BCUT2D eigenvalue weighted by Crippen LogP contribution is 2.00. The molecule has 0 aromatic heterocycles. The van der Waals surface area contributed by atoms with Gasteiger partial charge in [-0.1, -0.05) is 0 Å². The van der Waals surface area contributed by atoms with Gasteiger partial charge in [0.15, 0.2) is 0 Å². The number of hydrogen-bond acceptors (Lipinski definition) is 5. The maximum atomic E-state index is 11.2. The molecule has 0 unspecified atom stereocenters. The van der Waals surface area contributed by atoms with Crippen LogP contribution in [0.25, 0.3) is 0 Å². The van der Waals surface area contributed by atoms with Gasteiger partial charge in [-0.05, 0) is 7.05 Å². The second-order valence-corrected chi connectivity index (χ2v) is 3.15. The van der Waals surface area contributed by atoms with Crippen LogP contribution in [0.3, 0.4) is 0 Å². The molecule has 15 heavy (non-hydrogen) atoms. The van der Waals surface area contributed by atoms with Crippen molar-refractivity contribution in [1.29, 1.82) is 0 Å². The Hall–Kier alpha value is -0.690. The number of hydrogen-bond donors (Lipinski definition) is 3. The van der Waals surface area contributed by atoms with Crippen molar-refractivity contribution in [3.63, 3.8) is 0 Å². The van der Waals surface area contributed by atoms with Crippen molar-refractivity contribution in [2.75, 3.05) is 52.9 Å². The third-order valence-corrected chi connectivity index (χ3v) is 2.32. The maximum absolute atomic E-state index is 11.2. The van der Waals surface area contributed by atoms with Crippen LogP contribution in [0.1, 0.15) is 0 Å². The highest BCUT2D eigenvalue weighted by atomic mass is 16.3. The van der Waals surface area contributed by atoms with Crippen LogP contribution in [0.2, 0.25) is 0 Å². The van der Waals surface area contributed by atoms with Gasteiger partial charge in [-0.15, -0.1) is 0 Å². The third-order valence-electron chi connectivity index (χ3n) is 2.32. The smallest absolute Gasteiger partial charge is 0.236 e. The standard InChI is InChI=1S/C8H17N3O2.CH5N/c9-7-8(13)11-3-1-10(2-4-11)5-6-12;1-2/h12H,1-7,9H2;2H2,1H3. The molecule has 0 saturated carbocycles. The average molecular weight is 218 g/mol. The van der Waals surface area contributed by atoms with E-state index in [-0.39, 0.29) is 19.1 Å². The van der Waals surface area contributed by atoms with Gasteiger partial charge in [-0.25, -0.2) is 0 Å². The van der Waals surface area contributed by atoms with Crippen molar-refractivity contribution in [1.82, 2.24) is 9.80 Å². The Bertz CT molecular complexity index is 169. The Kier molecular flexibility index (Phi) is 8.21. The van der Waals surface area contributed by atoms with E-state index < -0.39 is 0 Å². The van der Waals surface area contributed by atoms with Gasteiger partial charge in [-0.3, -0.25) is 9.69 Å². The van der Waals surface area contributed by atoms with Gasteiger partial charge in [0.25, 0.3) is 0 Å². The van der Waals surface area contributed by atoms with Crippen LogP contribution in [0.5, 0.6) is 0 Å². The largest absolute Gasteiger partial charge is 0.395 e. The fourth-order valence-corrected chi connectivity index (χ4v) is 1.49. The van der Waals surface area contributed by atoms with Gasteiger partial charge in [0.1, 0.15) is 0 Å². The Labute approximate surface area is 90.8 Å². The first-order valence-electron chi connectivity index (χ1n) is 5.16. The van der Waals surface area contributed by atoms with Crippen molar-refractivity contribution < 1.29 is 9.90 Å². The normalized spacial score (nSPS) is 16.9. The van der Waals surface area contributed by atoms with E-state index in [1.54, 1.807) is 4.90 Å². The summed E-state index contributed by atoms with van der Waals surface area (Å²) in [6, 6.07) is 0. The number of aliphatic hydroxyl groups is 1. The Morgan fingerprint density at radius 2 is 1.80 bits per heavy atom. The number of amides is 1. The molecule has 1 saturated heterocycles. The van der Waals surface area contributed by atoms with E-state index in [0.29, 0.717) is 6.54 Å². The van der Waals surface area contributed by atoms with Crippen LogP contribution in [0.4, 0.5) is 0 Å². The molecular weight excluding hydrogens is 196 g/mol. The lowest BCUT2D eigenvalue weighted by Crippen LogP contribution is -2.50. The highest BCUT2D eigenvalue weighted by molar-refractivity contribution is 5.78. The van der Waals surface area contributed by atoms with E-state index in [1.165, 1.54) is 7.05 Å². The first kappa shape index (κ1) is 14.3. The number of nitrogens with zero attached hydrogens (tertiary/aromatic N) is 2. The molecule has 90 valence electrons. The average Bonchev–Trinajstić information content (AvgIpc) is 2.32. The van der Waals surface area contributed by atoms with E-state index in [0.717, 1.165) is 26.2 Å². The molecule has 0 bridgehead atoms. The molecule has 0 aliphatic carbocycles. The Balaban J connectivity index is 0.000000921. The van der Waals surface area contributed by atoms with Crippen molar-refractivity contribution in [2.24, 2.45) is 11.5 Å². The second-order valence-electron chi connectivity index (χ2n) is 3.15. The van der Waals surface area contributed by atoms with Gasteiger partial charge in [0, 0.05) is 32.7 Å². The van der Waals surface area contributed by atoms with E-state index in [1.807, 2.05) is 0 Å². The number of carbonyl (C=O) groups excluding carboxylic acids is 1. The maximum Gasteiger partial charge on any atom is 0.236 e. The van der Waals surface area contributed by atoms with E-state index in [2.05, 4.69) is 10.6 Å². The molecule has 0 aromatic rings. The first-order chi connectivity index (χ1) is 7.27. The quantitative estimate of drug-likeness (QED) is 0.493. The first-order valence-corrected chi connectivity index (χ1v) is 5.16. The van der Waals surface area contributed by atoms with Crippen LogP contribution >= 0.6 is 0 Å². The van der Waals surface area contributed by atoms with Crippen molar-refractivity contribution in [2.45, 2.75) is 0 Å². The molecule has 6 nitrogen and oxygen atoms in total. The van der Waals surface area contributed by atoms with E-state index >= 15 is 0 Å². The zero-order valence-corrected chi connectivity index (χ0v) is 9.35. The molecule has 1 fully saturated rings. The van der Waals surface area contributed by atoms with Crippen molar-refractivity contribution in [3.05, 3.63) is 0 Å².